The zero-order valence-electron chi connectivity index (χ0n) is 18.9. The fraction of sp³-hybridized carbons (Fsp3) is 0.250. The third-order valence-electron chi connectivity index (χ3n) is 5.40. The van der Waals surface area contributed by atoms with Crippen LogP contribution in [0.2, 0.25) is 0 Å². The molecular weight excluding hydrogens is 485 g/mol. The van der Waals surface area contributed by atoms with Crippen LogP contribution in [0.3, 0.4) is 0 Å². The lowest BCUT2D eigenvalue weighted by molar-refractivity contribution is -0.139. The van der Waals surface area contributed by atoms with Crippen LogP contribution in [0.25, 0.3) is 16.0 Å². The fourth-order valence-electron chi connectivity index (χ4n) is 3.80. The molecule has 0 saturated heterocycles. The number of aromatic carboxylic acids is 1. The zero-order valence-corrected chi connectivity index (χ0v) is 19.7. The Balaban J connectivity index is 1.74. The smallest absolute Gasteiger partial charge is 0.416 e. The number of hydrogen-bond acceptors (Lipinski definition) is 6. The predicted octanol–water partition coefficient (Wildman–Crippen LogP) is 6.24. The van der Waals surface area contributed by atoms with Gasteiger partial charge in [0.1, 0.15) is 23.2 Å². The van der Waals surface area contributed by atoms with Crippen molar-refractivity contribution in [2.75, 3.05) is 14.2 Å². The molecule has 7 nitrogen and oxygen atoms in total. The number of rotatable bonds is 8. The fourth-order valence-corrected chi connectivity index (χ4v) is 4.71. The van der Waals surface area contributed by atoms with Gasteiger partial charge in [-0.25, -0.2) is 9.78 Å². The van der Waals surface area contributed by atoms with Gasteiger partial charge in [-0.2, -0.15) is 13.2 Å². The number of ether oxygens (including phenoxy) is 3. The van der Waals surface area contributed by atoms with Crippen molar-refractivity contribution < 1.29 is 37.3 Å². The lowest BCUT2D eigenvalue weighted by Gasteiger charge is -2.19. The van der Waals surface area contributed by atoms with E-state index in [4.69, 9.17) is 14.2 Å². The van der Waals surface area contributed by atoms with E-state index in [0.29, 0.717) is 16.0 Å². The van der Waals surface area contributed by atoms with Crippen molar-refractivity contribution in [2.24, 2.45) is 0 Å². The predicted molar refractivity (Wildman–Crippen MR) is 123 cm³/mol. The number of halogens is 3. The number of carboxylic acids is 1. The second kappa shape index (κ2) is 9.68. The average Bonchev–Trinajstić information content (AvgIpc) is 3.43. The third kappa shape index (κ3) is 4.88. The van der Waals surface area contributed by atoms with Crippen LogP contribution in [0.4, 0.5) is 13.2 Å². The number of carboxylic acid groups (broad SMARTS) is 1. The number of hydrogen-bond donors (Lipinski definition) is 1. The Morgan fingerprint density at radius 1 is 1.11 bits per heavy atom. The van der Waals surface area contributed by atoms with E-state index in [2.05, 4.69) is 4.98 Å². The Labute approximate surface area is 202 Å². The number of methoxy groups -OCH3 is 2. The molecule has 0 radical (unpaired) electrons. The maximum atomic E-state index is 13.5. The lowest BCUT2D eigenvalue weighted by atomic mass is 10.0. The minimum absolute atomic E-state index is 0.0355. The Kier molecular flexibility index (Phi) is 6.84. The number of thiophene rings is 1. The van der Waals surface area contributed by atoms with Crippen LogP contribution in [0.5, 0.6) is 5.75 Å². The van der Waals surface area contributed by atoms with Crippen LogP contribution in [0.1, 0.15) is 45.7 Å². The summed E-state index contributed by atoms with van der Waals surface area (Å²) in [6.07, 6.45) is -4.69. The Morgan fingerprint density at radius 2 is 1.83 bits per heavy atom. The maximum absolute atomic E-state index is 13.5. The van der Waals surface area contributed by atoms with Crippen molar-refractivity contribution in [1.29, 1.82) is 0 Å². The molecule has 184 valence electrons. The first kappa shape index (κ1) is 24.7. The van der Waals surface area contributed by atoms with Crippen LogP contribution in [-0.2, 0) is 15.7 Å². The van der Waals surface area contributed by atoms with Crippen molar-refractivity contribution >= 4 is 28.3 Å². The number of benzene rings is 2. The first-order valence-electron chi connectivity index (χ1n) is 10.4. The van der Waals surface area contributed by atoms with Gasteiger partial charge in [-0.05, 0) is 25.1 Å². The number of imidazole rings is 1. The standard InChI is InChI=1S/C24H21F3N2O5S/c1-13(15-6-4-5-7-16(15)24(25,26)27)34-19-11-20(35-21(19)22(30)31)29-12-28-17-9-8-14(10-18(17)29)23(32-2)33-3/h4-13,23H,1-3H3,(H,30,31)/t13-/m1/s1. The molecule has 0 bridgehead atoms. The summed E-state index contributed by atoms with van der Waals surface area (Å²) in [6, 6.07) is 11.9. The van der Waals surface area contributed by atoms with Gasteiger partial charge >= 0.3 is 12.1 Å². The van der Waals surface area contributed by atoms with Crippen LogP contribution in [0, 0.1) is 0 Å². The second-order valence-corrected chi connectivity index (χ2v) is 8.62. The summed E-state index contributed by atoms with van der Waals surface area (Å²) in [7, 11) is 3.02. The molecule has 0 aliphatic rings. The minimum atomic E-state index is -4.57. The summed E-state index contributed by atoms with van der Waals surface area (Å²) in [4.78, 5) is 16.1. The van der Waals surface area contributed by atoms with E-state index in [-0.39, 0.29) is 16.2 Å². The summed E-state index contributed by atoms with van der Waals surface area (Å²) in [5, 5.41) is 10.2. The van der Waals surface area contributed by atoms with Crippen molar-refractivity contribution in [3.8, 4) is 10.8 Å². The van der Waals surface area contributed by atoms with Crippen molar-refractivity contribution in [2.45, 2.75) is 25.5 Å². The van der Waals surface area contributed by atoms with Gasteiger partial charge in [0.2, 0.25) is 0 Å². The summed E-state index contributed by atoms with van der Waals surface area (Å²) >= 11 is 0.927. The highest BCUT2D eigenvalue weighted by molar-refractivity contribution is 7.16. The second-order valence-electron chi connectivity index (χ2n) is 7.59. The first-order chi connectivity index (χ1) is 16.6. The number of carbonyl (C=O) groups is 1. The Bertz CT molecular complexity index is 1360. The van der Waals surface area contributed by atoms with Gasteiger partial charge in [0.15, 0.2) is 11.2 Å². The molecule has 2 heterocycles. The van der Waals surface area contributed by atoms with E-state index < -0.39 is 30.1 Å². The molecule has 0 fully saturated rings. The molecule has 2 aromatic carbocycles. The van der Waals surface area contributed by atoms with Crippen molar-refractivity contribution in [3.05, 3.63) is 76.4 Å². The van der Waals surface area contributed by atoms with Gasteiger partial charge in [0.05, 0.1) is 16.6 Å². The highest BCUT2D eigenvalue weighted by atomic mass is 32.1. The van der Waals surface area contributed by atoms with E-state index in [9.17, 15) is 23.1 Å². The number of fused-ring (bicyclic) bond motifs is 1. The third-order valence-corrected chi connectivity index (χ3v) is 6.50. The Morgan fingerprint density at radius 3 is 2.49 bits per heavy atom. The summed E-state index contributed by atoms with van der Waals surface area (Å²) in [6.45, 7) is 1.45. The number of aromatic nitrogens is 2. The van der Waals surface area contributed by atoms with Gasteiger partial charge in [-0.3, -0.25) is 4.57 Å². The molecular formula is C24H21F3N2O5S. The molecule has 0 amide bonds. The minimum Gasteiger partial charge on any atom is -0.484 e. The first-order valence-corrected chi connectivity index (χ1v) is 11.2. The van der Waals surface area contributed by atoms with E-state index in [0.717, 1.165) is 23.0 Å². The monoisotopic (exact) mass is 506 g/mol. The van der Waals surface area contributed by atoms with Crippen LogP contribution in [0.15, 0.2) is 54.9 Å². The van der Waals surface area contributed by atoms with Crippen molar-refractivity contribution in [3.63, 3.8) is 0 Å². The molecule has 0 aliphatic carbocycles. The van der Waals surface area contributed by atoms with Gasteiger partial charge in [0.25, 0.3) is 0 Å². The quantitative estimate of drug-likeness (QED) is 0.285. The molecule has 0 spiro atoms. The van der Waals surface area contributed by atoms with E-state index in [1.54, 1.807) is 10.6 Å². The van der Waals surface area contributed by atoms with E-state index >= 15 is 0 Å². The highest BCUT2D eigenvalue weighted by Gasteiger charge is 2.35. The molecule has 4 rings (SSSR count). The van der Waals surface area contributed by atoms with Gasteiger partial charge < -0.3 is 19.3 Å². The summed E-state index contributed by atoms with van der Waals surface area (Å²) in [5.74, 6) is -1.29. The maximum Gasteiger partial charge on any atom is 0.416 e. The largest absolute Gasteiger partial charge is 0.484 e. The molecule has 2 aromatic heterocycles. The molecule has 35 heavy (non-hydrogen) atoms. The van der Waals surface area contributed by atoms with Crippen LogP contribution < -0.4 is 4.74 Å². The van der Waals surface area contributed by atoms with E-state index in [1.165, 1.54) is 51.7 Å². The SMILES string of the molecule is COC(OC)c1ccc2ncn(-c3cc(O[C@H](C)c4ccccc4C(F)(F)F)c(C(=O)O)s3)c2c1. The molecule has 1 N–H and O–H groups in total. The molecule has 0 saturated carbocycles. The molecule has 1 atom stereocenters. The Hall–Kier alpha value is -3.41. The van der Waals surface area contributed by atoms with E-state index in [1.807, 2.05) is 12.1 Å². The highest BCUT2D eigenvalue weighted by Crippen LogP contribution is 2.39. The number of nitrogens with zero attached hydrogens (tertiary/aromatic N) is 2. The topological polar surface area (TPSA) is 82.8 Å². The normalized spacial score (nSPS) is 12.9. The molecule has 11 heteroatoms. The molecule has 4 aromatic rings. The molecule has 0 unspecified atom stereocenters. The van der Waals surface area contributed by atoms with Gasteiger partial charge in [-0.15, -0.1) is 11.3 Å². The van der Waals surface area contributed by atoms with Crippen molar-refractivity contribution in [1.82, 2.24) is 9.55 Å². The van der Waals surface area contributed by atoms with Crippen LogP contribution >= 0.6 is 11.3 Å². The zero-order chi connectivity index (χ0) is 25.3. The number of alkyl halides is 3. The lowest BCUT2D eigenvalue weighted by Crippen LogP contribution is -2.14. The van der Waals surface area contributed by atoms with Crippen LogP contribution in [-0.4, -0.2) is 34.8 Å². The summed E-state index contributed by atoms with van der Waals surface area (Å²) in [5.41, 5.74) is 1.13. The average molecular weight is 507 g/mol. The van der Waals surface area contributed by atoms with Gasteiger partial charge in [-0.1, -0.05) is 24.3 Å². The molecule has 0 aliphatic heterocycles. The van der Waals surface area contributed by atoms with Gasteiger partial charge in [0, 0.05) is 31.4 Å². The summed E-state index contributed by atoms with van der Waals surface area (Å²) < 4.78 is 58.4.